The lowest BCUT2D eigenvalue weighted by Gasteiger charge is -2.10. The van der Waals surface area contributed by atoms with E-state index in [9.17, 15) is 9.59 Å². The van der Waals surface area contributed by atoms with Crippen LogP contribution in [0, 0.1) is 0 Å². The fourth-order valence-corrected chi connectivity index (χ4v) is 1.56. The van der Waals surface area contributed by atoms with E-state index < -0.39 is 12.1 Å². The molecule has 1 unspecified atom stereocenters. The Balaban J connectivity index is 2.08. The van der Waals surface area contributed by atoms with Crippen LogP contribution in [0.25, 0.3) is 0 Å². The van der Waals surface area contributed by atoms with Gasteiger partial charge in [-0.25, -0.2) is 4.79 Å². The van der Waals surface area contributed by atoms with E-state index in [0.717, 1.165) is 12.8 Å². The lowest BCUT2D eigenvalue weighted by Crippen LogP contribution is -2.31. The van der Waals surface area contributed by atoms with Gasteiger partial charge in [-0.2, -0.15) is 0 Å². The summed E-state index contributed by atoms with van der Waals surface area (Å²) in [5.41, 5.74) is 0. The van der Waals surface area contributed by atoms with Crippen LogP contribution in [0.5, 0.6) is 0 Å². The van der Waals surface area contributed by atoms with Crippen LogP contribution >= 0.6 is 0 Å². The van der Waals surface area contributed by atoms with Crippen LogP contribution in [0.3, 0.4) is 0 Å². The molecule has 0 radical (unpaired) electrons. The minimum Gasteiger partial charge on any atom is -0.479 e. The molecule has 3 N–H and O–H groups in total. The molecular formula is C10H17NO5. The highest BCUT2D eigenvalue weighted by Gasteiger charge is 2.19. The molecule has 0 spiro atoms. The highest BCUT2D eigenvalue weighted by atomic mass is 16.5. The lowest BCUT2D eigenvalue weighted by molar-refractivity contribution is -0.147. The maximum Gasteiger partial charge on any atom is 0.332 e. The van der Waals surface area contributed by atoms with Crippen LogP contribution in [0.1, 0.15) is 25.7 Å². The van der Waals surface area contributed by atoms with Crippen molar-refractivity contribution in [1.82, 2.24) is 5.32 Å². The van der Waals surface area contributed by atoms with Gasteiger partial charge < -0.3 is 20.3 Å². The molecule has 6 nitrogen and oxygen atoms in total. The molecule has 6 heteroatoms. The van der Waals surface area contributed by atoms with Crippen LogP contribution < -0.4 is 5.32 Å². The maximum absolute atomic E-state index is 11.3. The van der Waals surface area contributed by atoms with Gasteiger partial charge in [0.1, 0.15) is 0 Å². The van der Waals surface area contributed by atoms with Crippen LogP contribution in [0.2, 0.25) is 0 Å². The highest BCUT2D eigenvalue weighted by Crippen LogP contribution is 2.14. The summed E-state index contributed by atoms with van der Waals surface area (Å²) in [4.78, 5) is 21.6. The Bertz CT molecular complexity index is 250. The number of aliphatic hydroxyl groups is 1. The smallest absolute Gasteiger partial charge is 0.332 e. The Labute approximate surface area is 93.6 Å². The molecule has 1 aliphatic rings. The van der Waals surface area contributed by atoms with Crippen LogP contribution in [-0.4, -0.2) is 47.4 Å². The summed E-state index contributed by atoms with van der Waals surface area (Å²) in [7, 11) is 0. The second-order valence-corrected chi connectivity index (χ2v) is 3.83. The largest absolute Gasteiger partial charge is 0.479 e. The topological polar surface area (TPSA) is 95.9 Å². The van der Waals surface area contributed by atoms with Gasteiger partial charge in [-0.15, -0.1) is 0 Å². The Morgan fingerprint density at radius 2 is 2.25 bits per heavy atom. The molecule has 16 heavy (non-hydrogen) atoms. The van der Waals surface area contributed by atoms with Crippen molar-refractivity contribution in [1.29, 1.82) is 0 Å². The molecule has 2 atom stereocenters. The zero-order chi connectivity index (χ0) is 12.0. The number of carbonyl (C=O) groups excluding carboxylic acids is 1. The zero-order valence-electron chi connectivity index (χ0n) is 9.02. The fraction of sp³-hybridized carbons (Fsp3) is 0.800. The number of amides is 1. The summed E-state index contributed by atoms with van der Waals surface area (Å²) in [6, 6.07) is 0. The number of hydrogen-bond donors (Lipinski definition) is 3. The summed E-state index contributed by atoms with van der Waals surface area (Å²) < 4.78 is 5.28. The third kappa shape index (κ3) is 4.59. The van der Waals surface area contributed by atoms with Crippen LogP contribution in [-0.2, 0) is 14.3 Å². The average molecular weight is 231 g/mol. The maximum atomic E-state index is 11.3. The predicted molar refractivity (Wildman–Crippen MR) is 54.9 cm³/mol. The van der Waals surface area contributed by atoms with Crippen LogP contribution in [0.4, 0.5) is 0 Å². The van der Waals surface area contributed by atoms with E-state index in [2.05, 4.69) is 5.32 Å². The van der Waals surface area contributed by atoms with Crippen molar-refractivity contribution >= 4 is 11.9 Å². The second-order valence-electron chi connectivity index (χ2n) is 3.83. The standard InChI is InChI=1S/C10H17NO5/c12-8(10(14)15)3-4-11-9(13)6-7-2-1-5-16-7/h7-8,12H,1-6H2,(H,11,13)(H,14,15)/t7?,8-/m0/s1. The SMILES string of the molecule is O=C(CC1CCCO1)NCC[C@H](O)C(=O)O. The Hall–Kier alpha value is -1.14. The van der Waals surface area contributed by atoms with Gasteiger partial charge >= 0.3 is 5.97 Å². The molecule has 1 aliphatic heterocycles. The summed E-state index contributed by atoms with van der Waals surface area (Å²) in [6.45, 7) is 0.870. The number of aliphatic hydroxyl groups excluding tert-OH is 1. The van der Waals surface area contributed by atoms with Gasteiger partial charge in [0.2, 0.25) is 5.91 Å². The van der Waals surface area contributed by atoms with Crippen molar-refractivity contribution in [3.05, 3.63) is 0 Å². The third-order valence-corrected chi connectivity index (χ3v) is 2.46. The first kappa shape index (κ1) is 12.9. The molecule has 1 amide bonds. The number of nitrogens with one attached hydrogen (secondary N) is 1. The molecule has 0 aliphatic carbocycles. The van der Waals surface area contributed by atoms with E-state index in [-0.39, 0.29) is 25.0 Å². The summed E-state index contributed by atoms with van der Waals surface area (Å²) in [6.07, 6.45) is 0.781. The second kappa shape index (κ2) is 6.44. The summed E-state index contributed by atoms with van der Waals surface area (Å²) in [5.74, 6) is -1.43. The first-order chi connectivity index (χ1) is 7.59. The Kier molecular flexibility index (Phi) is 5.21. The van der Waals surface area contributed by atoms with Gasteiger partial charge in [0.15, 0.2) is 6.10 Å². The van der Waals surface area contributed by atoms with Crippen molar-refractivity contribution in [2.45, 2.75) is 37.9 Å². The molecule has 1 saturated heterocycles. The quantitative estimate of drug-likeness (QED) is 0.573. The lowest BCUT2D eigenvalue weighted by atomic mass is 10.2. The molecule has 0 aromatic heterocycles. The summed E-state index contributed by atoms with van der Waals surface area (Å²) in [5, 5.41) is 19.9. The molecule has 0 aromatic carbocycles. The molecule has 1 fully saturated rings. The minimum atomic E-state index is -1.41. The van der Waals surface area contributed by atoms with E-state index in [0.29, 0.717) is 13.0 Å². The first-order valence-corrected chi connectivity index (χ1v) is 5.38. The number of ether oxygens (including phenoxy) is 1. The van der Waals surface area contributed by atoms with Crippen molar-refractivity contribution in [2.75, 3.05) is 13.2 Å². The van der Waals surface area contributed by atoms with Gasteiger partial charge in [0.05, 0.1) is 12.5 Å². The minimum absolute atomic E-state index is 0.00982. The van der Waals surface area contributed by atoms with Crippen molar-refractivity contribution in [2.24, 2.45) is 0 Å². The number of carbonyl (C=O) groups is 2. The number of aliphatic carboxylic acids is 1. The highest BCUT2D eigenvalue weighted by molar-refractivity contribution is 5.76. The van der Waals surface area contributed by atoms with Gasteiger partial charge in [-0.05, 0) is 12.8 Å². The monoisotopic (exact) mass is 231 g/mol. The van der Waals surface area contributed by atoms with E-state index in [1.165, 1.54) is 0 Å². The normalized spacial score (nSPS) is 21.7. The van der Waals surface area contributed by atoms with Crippen molar-refractivity contribution in [3.63, 3.8) is 0 Å². The molecule has 1 rings (SSSR count). The van der Waals surface area contributed by atoms with Crippen LogP contribution in [0.15, 0.2) is 0 Å². The molecule has 0 aromatic rings. The summed E-state index contributed by atoms with van der Waals surface area (Å²) >= 11 is 0. The van der Waals surface area contributed by atoms with E-state index in [1.807, 2.05) is 0 Å². The zero-order valence-corrected chi connectivity index (χ0v) is 9.02. The predicted octanol–water partition coefficient (Wildman–Crippen LogP) is -0.493. The van der Waals surface area contributed by atoms with E-state index in [1.54, 1.807) is 0 Å². The van der Waals surface area contributed by atoms with Gasteiger partial charge in [0.25, 0.3) is 0 Å². The molecule has 0 bridgehead atoms. The first-order valence-electron chi connectivity index (χ1n) is 5.38. The molecule has 92 valence electrons. The van der Waals surface area contributed by atoms with Crippen molar-refractivity contribution < 1.29 is 24.5 Å². The Morgan fingerprint density at radius 3 is 2.81 bits per heavy atom. The number of rotatable bonds is 6. The number of carboxylic acid groups (broad SMARTS) is 1. The molecule has 1 heterocycles. The molecule has 0 saturated carbocycles. The molecular weight excluding hydrogens is 214 g/mol. The Morgan fingerprint density at radius 1 is 1.50 bits per heavy atom. The van der Waals surface area contributed by atoms with Crippen molar-refractivity contribution in [3.8, 4) is 0 Å². The number of hydrogen-bond acceptors (Lipinski definition) is 4. The van der Waals surface area contributed by atoms with Gasteiger partial charge in [-0.3, -0.25) is 4.79 Å². The van der Waals surface area contributed by atoms with E-state index >= 15 is 0 Å². The van der Waals surface area contributed by atoms with E-state index in [4.69, 9.17) is 14.9 Å². The average Bonchev–Trinajstić information content (AvgIpc) is 2.70. The fourth-order valence-electron chi connectivity index (χ4n) is 1.56. The van der Waals surface area contributed by atoms with Gasteiger partial charge in [0, 0.05) is 19.6 Å². The van der Waals surface area contributed by atoms with Gasteiger partial charge in [-0.1, -0.05) is 0 Å². The number of carboxylic acids is 1. The third-order valence-electron chi connectivity index (χ3n) is 2.46.